The molecule has 2 aromatic rings. The lowest BCUT2D eigenvalue weighted by molar-refractivity contribution is 0.281. The topological polar surface area (TPSA) is 115 Å². The quantitative estimate of drug-likeness (QED) is 0.788. The first-order chi connectivity index (χ1) is 13.0. The largest absolute Gasteiger partial charge is 0.343 e. The van der Waals surface area contributed by atoms with Crippen LogP contribution in [0.3, 0.4) is 0 Å². The number of hydrogen-bond acceptors (Lipinski definition) is 7. The number of nitrogens with zero attached hydrogens (tertiary/aromatic N) is 4. The number of sulfonamides is 1. The molecule has 8 nitrogen and oxygen atoms in total. The number of fused-ring (bicyclic) bond motifs is 1. The molecule has 1 saturated carbocycles. The van der Waals surface area contributed by atoms with Gasteiger partial charge in [-0.1, -0.05) is 30.1 Å². The number of nitrogens with two attached hydrogens (primary N) is 1. The minimum atomic E-state index is -3.66. The van der Waals surface area contributed by atoms with E-state index in [1.807, 2.05) is 11.0 Å². The fourth-order valence-electron chi connectivity index (χ4n) is 4.37. The number of likely N-dealkylation sites (tertiary alicyclic amines) is 1. The molecule has 10 heteroatoms. The molecule has 1 aromatic heterocycles. The molecule has 2 aliphatic heterocycles. The van der Waals surface area contributed by atoms with E-state index < -0.39 is 15.6 Å². The second-order valence-electron chi connectivity index (χ2n) is 7.56. The van der Waals surface area contributed by atoms with Crippen LogP contribution in [0.1, 0.15) is 61.8 Å². The molecule has 1 aliphatic carbocycles. The Morgan fingerprint density at radius 2 is 1.93 bits per heavy atom. The Morgan fingerprint density at radius 3 is 2.71 bits per heavy atom. The summed E-state index contributed by atoms with van der Waals surface area (Å²) in [5.41, 5.74) is 6.57. The molecule has 0 bridgehead atoms. The van der Waals surface area contributed by atoms with Crippen molar-refractivity contribution >= 4 is 28.3 Å². The number of amidine groups is 1. The van der Waals surface area contributed by atoms with E-state index in [1.54, 1.807) is 18.2 Å². The van der Waals surface area contributed by atoms with Crippen molar-refractivity contribution in [2.75, 3.05) is 6.54 Å². The second kappa shape index (κ2) is 6.82. The molecule has 1 saturated heterocycles. The summed E-state index contributed by atoms with van der Waals surface area (Å²) in [5, 5.41) is 4.15. The van der Waals surface area contributed by atoms with Crippen molar-refractivity contribution in [1.82, 2.24) is 15.0 Å². The van der Waals surface area contributed by atoms with E-state index in [1.165, 1.54) is 0 Å². The van der Waals surface area contributed by atoms with E-state index in [4.69, 9.17) is 10.3 Å². The molecule has 2 fully saturated rings. The van der Waals surface area contributed by atoms with Crippen molar-refractivity contribution in [3.8, 4) is 0 Å². The van der Waals surface area contributed by atoms with Crippen LogP contribution >= 0.6 is 12.4 Å². The highest BCUT2D eigenvalue weighted by atomic mass is 35.5. The monoisotopic (exact) mass is 423 g/mol. The molecule has 0 spiro atoms. The van der Waals surface area contributed by atoms with Gasteiger partial charge in [0, 0.05) is 12.1 Å². The summed E-state index contributed by atoms with van der Waals surface area (Å²) in [7, 11) is -3.66. The predicted molar refractivity (Wildman–Crippen MR) is 105 cm³/mol. The van der Waals surface area contributed by atoms with Crippen molar-refractivity contribution < 1.29 is 12.9 Å². The lowest BCUT2D eigenvalue weighted by atomic mass is 9.98. The Bertz CT molecular complexity index is 1030. The van der Waals surface area contributed by atoms with Gasteiger partial charge in [-0.05, 0) is 37.8 Å². The zero-order valence-corrected chi connectivity index (χ0v) is 16.9. The van der Waals surface area contributed by atoms with Crippen molar-refractivity contribution in [1.29, 1.82) is 0 Å². The molecule has 1 atom stereocenters. The van der Waals surface area contributed by atoms with E-state index in [-0.39, 0.29) is 23.3 Å². The Balaban J connectivity index is 0.00000192. The SMILES string of the molecule is Cl.NC1(c2noc(C3CCCN3C3=NS(=O)(=O)c4ccccc43)n2)CCCC1. The van der Waals surface area contributed by atoms with E-state index >= 15 is 0 Å². The molecule has 1 unspecified atom stereocenters. The lowest BCUT2D eigenvalue weighted by Crippen LogP contribution is -2.34. The third kappa shape index (κ3) is 2.92. The lowest BCUT2D eigenvalue weighted by Gasteiger charge is -2.23. The van der Waals surface area contributed by atoms with Gasteiger partial charge in [-0.2, -0.15) is 13.4 Å². The summed E-state index contributed by atoms with van der Waals surface area (Å²) in [5.74, 6) is 1.52. The van der Waals surface area contributed by atoms with Crippen LogP contribution in [-0.2, 0) is 15.6 Å². The molecule has 3 heterocycles. The fraction of sp³-hybridized carbons (Fsp3) is 0.500. The van der Waals surface area contributed by atoms with Gasteiger partial charge in [0.1, 0.15) is 10.9 Å². The summed E-state index contributed by atoms with van der Waals surface area (Å²) in [6.07, 6.45) is 5.57. The number of aromatic nitrogens is 2. The highest BCUT2D eigenvalue weighted by Crippen LogP contribution is 2.39. The molecule has 2 N–H and O–H groups in total. The maximum Gasteiger partial charge on any atom is 0.285 e. The van der Waals surface area contributed by atoms with E-state index in [0.717, 1.165) is 38.5 Å². The molecule has 5 rings (SSSR count). The first-order valence-corrected chi connectivity index (χ1v) is 10.8. The minimum absolute atomic E-state index is 0. The van der Waals surface area contributed by atoms with Gasteiger partial charge in [0.2, 0.25) is 5.89 Å². The summed E-state index contributed by atoms with van der Waals surface area (Å²) in [4.78, 5) is 6.84. The van der Waals surface area contributed by atoms with Crippen LogP contribution in [0.15, 0.2) is 38.1 Å². The number of rotatable bonds is 2. The first-order valence-electron chi connectivity index (χ1n) is 9.32. The van der Waals surface area contributed by atoms with Crippen LogP contribution in [0.2, 0.25) is 0 Å². The predicted octanol–water partition coefficient (Wildman–Crippen LogP) is 2.51. The Kier molecular flexibility index (Phi) is 4.71. The van der Waals surface area contributed by atoms with E-state index in [9.17, 15) is 8.42 Å². The summed E-state index contributed by atoms with van der Waals surface area (Å²) < 4.78 is 34.4. The molecule has 150 valence electrons. The van der Waals surface area contributed by atoms with Crippen molar-refractivity contribution in [3.05, 3.63) is 41.5 Å². The standard InChI is InChI=1S/C18H21N5O3S.ClH/c19-18(9-3-4-10-18)17-20-16(26-21-17)13-7-5-11-23(13)15-12-6-1-2-8-14(12)27(24,25)22-15;/h1-2,6,8,13H,3-5,7,9-11,19H2;1H. The van der Waals surface area contributed by atoms with Gasteiger partial charge in [-0.15, -0.1) is 16.8 Å². The normalized spacial score (nSPS) is 24.7. The van der Waals surface area contributed by atoms with Crippen LogP contribution < -0.4 is 5.73 Å². The smallest absolute Gasteiger partial charge is 0.285 e. The molecule has 1 aromatic carbocycles. The second-order valence-corrected chi connectivity index (χ2v) is 9.13. The van der Waals surface area contributed by atoms with E-state index in [2.05, 4.69) is 14.5 Å². The number of hydrogen-bond donors (Lipinski definition) is 1. The third-order valence-electron chi connectivity index (χ3n) is 5.81. The highest BCUT2D eigenvalue weighted by molar-refractivity contribution is 7.90. The van der Waals surface area contributed by atoms with Gasteiger partial charge in [0.05, 0.1) is 5.54 Å². The van der Waals surface area contributed by atoms with Crippen LogP contribution in [0.25, 0.3) is 0 Å². The van der Waals surface area contributed by atoms with Crippen molar-refractivity contribution in [2.24, 2.45) is 10.1 Å². The number of benzene rings is 1. The minimum Gasteiger partial charge on any atom is -0.343 e. The molecule has 0 radical (unpaired) electrons. The zero-order valence-electron chi connectivity index (χ0n) is 15.2. The van der Waals surface area contributed by atoms with Crippen molar-refractivity contribution in [3.63, 3.8) is 0 Å². The molecular formula is C18H22ClN5O3S. The van der Waals surface area contributed by atoms with E-state index in [0.29, 0.717) is 29.7 Å². The molecule has 28 heavy (non-hydrogen) atoms. The van der Waals surface area contributed by atoms with Gasteiger partial charge in [0.25, 0.3) is 10.0 Å². The first kappa shape index (κ1) is 19.4. The zero-order chi connectivity index (χ0) is 18.6. The Hall–Kier alpha value is -1.97. The van der Waals surface area contributed by atoms with Gasteiger partial charge in [0.15, 0.2) is 11.7 Å². The average Bonchev–Trinajstić information content (AvgIpc) is 3.41. The number of halogens is 1. The summed E-state index contributed by atoms with van der Waals surface area (Å²) >= 11 is 0. The maximum atomic E-state index is 12.4. The van der Waals surface area contributed by atoms with Crippen LogP contribution in [0.4, 0.5) is 0 Å². The van der Waals surface area contributed by atoms with Crippen molar-refractivity contribution in [2.45, 2.75) is 55.0 Å². The average molecular weight is 424 g/mol. The summed E-state index contributed by atoms with van der Waals surface area (Å²) in [6.45, 7) is 0.693. The molecule has 0 amide bonds. The third-order valence-corrected chi connectivity index (χ3v) is 7.13. The van der Waals surface area contributed by atoms with Gasteiger partial charge < -0.3 is 15.2 Å². The maximum absolute atomic E-state index is 12.4. The Morgan fingerprint density at radius 1 is 1.18 bits per heavy atom. The van der Waals surface area contributed by atoms with Crippen LogP contribution in [0.5, 0.6) is 0 Å². The van der Waals surface area contributed by atoms with Gasteiger partial charge in [-0.25, -0.2) is 0 Å². The summed E-state index contributed by atoms with van der Waals surface area (Å²) in [6, 6.07) is 6.74. The molecule has 3 aliphatic rings. The molecular weight excluding hydrogens is 402 g/mol. The van der Waals surface area contributed by atoms with Crippen LogP contribution in [0, 0.1) is 0 Å². The Labute approximate surface area is 169 Å². The van der Waals surface area contributed by atoms with Crippen LogP contribution in [-0.4, -0.2) is 35.8 Å². The highest BCUT2D eigenvalue weighted by Gasteiger charge is 2.41. The van der Waals surface area contributed by atoms with Gasteiger partial charge >= 0.3 is 0 Å². The fourth-order valence-corrected chi connectivity index (χ4v) is 5.59. The van der Waals surface area contributed by atoms with Gasteiger partial charge in [-0.3, -0.25) is 0 Å².